The Hall–Kier alpha value is -2.57. The first-order chi connectivity index (χ1) is 11.2. The van der Waals surface area contributed by atoms with Crippen LogP contribution in [0.15, 0.2) is 18.2 Å². The third-order valence-electron chi connectivity index (χ3n) is 4.04. The molecule has 0 N–H and O–H groups in total. The van der Waals surface area contributed by atoms with Gasteiger partial charge in [0.25, 0.3) is 0 Å². The van der Waals surface area contributed by atoms with Crippen molar-refractivity contribution in [3.63, 3.8) is 0 Å². The van der Waals surface area contributed by atoms with Crippen LogP contribution in [0, 0.1) is 5.92 Å². The molecular formula is C16H19N3O4. The maximum atomic E-state index is 11.7. The minimum absolute atomic E-state index is 0.144. The highest BCUT2D eigenvalue weighted by atomic mass is 16.5. The van der Waals surface area contributed by atoms with Crippen LogP contribution in [0.25, 0.3) is 11.4 Å². The number of rotatable bonds is 4. The molecule has 1 aliphatic heterocycles. The number of hydrogen-bond acceptors (Lipinski definition) is 6. The summed E-state index contributed by atoms with van der Waals surface area (Å²) >= 11 is 0. The molecule has 1 unspecified atom stereocenters. The van der Waals surface area contributed by atoms with Crippen molar-refractivity contribution in [2.24, 2.45) is 5.92 Å². The van der Waals surface area contributed by atoms with Gasteiger partial charge in [-0.2, -0.15) is 5.10 Å². The Labute approximate surface area is 134 Å². The van der Waals surface area contributed by atoms with Gasteiger partial charge in [-0.15, -0.1) is 0 Å². The highest BCUT2D eigenvalue weighted by Gasteiger charge is 2.28. The van der Waals surface area contributed by atoms with Crippen molar-refractivity contribution in [3.05, 3.63) is 24.0 Å². The van der Waals surface area contributed by atoms with E-state index >= 15 is 0 Å². The van der Waals surface area contributed by atoms with Crippen molar-refractivity contribution in [1.82, 2.24) is 14.8 Å². The van der Waals surface area contributed by atoms with E-state index in [1.807, 2.05) is 22.9 Å². The number of fused-ring (bicyclic) bond motifs is 1. The lowest BCUT2D eigenvalue weighted by Crippen LogP contribution is -2.27. The van der Waals surface area contributed by atoms with Crippen LogP contribution in [-0.4, -0.2) is 42.1 Å². The number of carbonyl (C=O) groups excluding carboxylic acids is 1. The molecule has 3 rings (SSSR count). The largest absolute Gasteiger partial charge is 0.493 e. The summed E-state index contributed by atoms with van der Waals surface area (Å²) in [7, 11) is 4.60. The van der Waals surface area contributed by atoms with Gasteiger partial charge in [0.05, 0.1) is 27.2 Å². The summed E-state index contributed by atoms with van der Waals surface area (Å²) < 4.78 is 17.2. The maximum Gasteiger partial charge on any atom is 0.309 e. The van der Waals surface area contributed by atoms with Gasteiger partial charge >= 0.3 is 5.97 Å². The van der Waals surface area contributed by atoms with Crippen LogP contribution >= 0.6 is 0 Å². The summed E-state index contributed by atoms with van der Waals surface area (Å²) in [4.78, 5) is 16.3. The van der Waals surface area contributed by atoms with E-state index in [0.29, 0.717) is 36.7 Å². The number of carbonyl (C=O) groups is 1. The van der Waals surface area contributed by atoms with Crippen LogP contribution in [0.4, 0.5) is 0 Å². The highest BCUT2D eigenvalue weighted by Crippen LogP contribution is 2.32. The quantitative estimate of drug-likeness (QED) is 0.799. The van der Waals surface area contributed by atoms with Gasteiger partial charge in [0, 0.05) is 18.5 Å². The molecule has 122 valence electrons. The van der Waals surface area contributed by atoms with Crippen molar-refractivity contribution in [3.8, 4) is 22.9 Å². The van der Waals surface area contributed by atoms with Crippen LogP contribution in [0.3, 0.4) is 0 Å². The first kappa shape index (κ1) is 15.3. The average molecular weight is 317 g/mol. The van der Waals surface area contributed by atoms with E-state index in [1.165, 1.54) is 7.11 Å². The van der Waals surface area contributed by atoms with E-state index < -0.39 is 0 Å². The van der Waals surface area contributed by atoms with Gasteiger partial charge in [-0.1, -0.05) is 0 Å². The molecule has 1 atom stereocenters. The SMILES string of the molecule is COC(=O)C1CCn2nc(-c3ccc(OC)c(OC)c3)nc2C1. The standard InChI is InChI=1S/C16H19N3O4/c1-21-12-5-4-10(8-13(12)22-2)15-17-14-9-11(16(20)23-3)6-7-19(14)18-15/h4-5,8,11H,6-7,9H2,1-3H3. The molecule has 7 heteroatoms. The molecule has 1 aromatic carbocycles. The number of aromatic nitrogens is 3. The molecule has 2 heterocycles. The average Bonchev–Trinajstić information content (AvgIpc) is 3.03. The Balaban J connectivity index is 1.89. The Kier molecular flexibility index (Phi) is 4.18. The first-order valence-electron chi connectivity index (χ1n) is 7.40. The van der Waals surface area contributed by atoms with Gasteiger partial charge < -0.3 is 14.2 Å². The second-order valence-corrected chi connectivity index (χ2v) is 5.36. The van der Waals surface area contributed by atoms with E-state index in [4.69, 9.17) is 14.2 Å². The van der Waals surface area contributed by atoms with Crippen molar-refractivity contribution in [2.45, 2.75) is 19.4 Å². The Morgan fingerprint density at radius 2 is 2.00 bits per heavy atom. The van der Waals surface area contributed by atoms with E-state index in [1.54, 1.807) is 14.2 Å². The smallest absolute Gasteiger partial charge is 0.309 e. The molecule has 1 aromatic heterocycles. The number of nitrogens with zero attached hydrogens (tertiary/aromatic N) is 3. The zero-order valence-electron chi connectivity index (χ0n) is 13.4. The van der Waals surface area contributed by atoms with Gasteiger partial charge in [-0.05, 0) is 24.6 Å². The Morgan fingerprint density at radius 3 is 2.70 bits per heavy atom. The second kappa shape index (κ2) is 6.28. The van der Waals surface area contributed by atoms with Gasteiger partial charge in [-0.25, -0.2) is 9.67 Å². The summed E-state index contributed by atoms with van der Waals surface area (Å²) in [5.41, 5.74) is 0.846. The molecule has 0 saturated carbocycles. The molecule has 2 aromatic rings. The molecule has 0 spiro atoms. The van der Waals surface area contributed by atoms with Gasteiger partial charge in [0.1, 0.15) is 5.82 Å². The fourth-order valence-electron chi connectivity index (χ4n) is 2.77. The number of methoxy groups -OCH3 is 3. The van der Waals surface area contributed by atoms with Crippen molar-refractivity contribution in [2.75, 3.05) is 21.3 Å². The van der Waals surface area contributed by atoms with E-state index in [0.717, 1.165) is 11.4 Å². The third kappa shape index (κ3) is 2.86. The monoisotopic (exact) mass is 317 g/mol. The Morgan fingerprint density at radius 1 is 1.22 bits per heavy atom. The predicted molar refractivity (Wildman–Crippen MR) is 82.4 cm³/mol. The van der Waals surface area contributed by atoms with Crippen LogP contribution in [0.2, 0.25) is 0 Å². The number of benzene rings is 1. The summed E-state index contributed by atoms with van der Waals surface area (Å²) in [5.74, 6) is 2.38. The Bertz CT molecular complexity index is 726. The molecular weight excluding hydrogens is 298 g/mol. The molecule has 0 saturated heterocycles. The molecule has 0 amide bonds. The zero-order valence-corrected chi connectivity index (χ0v) is 13.4. The van der Waals surface area contributed by atoms with Crippen LogP contribution in [0.1, 0.15) is 12.2 Å². The highest BCUT2D eigenvalue weighted by molar-refractivity contribution is 5.72. The fourth-order valence-corrected chi connectivity index (χ4v) is 2.77. The van der Waals surface area contributed by atoms with E-state index in [2.05, 4.69) is 10.1 Å². The molecule has 0 bridgehead atoms. The summed E-state index contributed by atoms with van der Waals surface area (Å²) in [6.45, 7) is 0.662. The second-order valence-electron chi connectivity index (χ2n) is 5.36. The summed E-state index contributed by atoms with van der Waals surface area (Å²) in [5, 5.41) is 4.53. The minimum Gasteiger partial charge on any atom is -0.493 e. The lowest BCUT2D eigenvalue weighted by Gasteiger charge is -2.19. The molecule has 1 aliphatic rings. The van der Waals surface area contributed by atoms with Gasteiger partial charge in [0.2, 0.25) is 0 Å². The lowest BCUT2D eigenvalue weighted by molar-refractivity contribution is -0.146. The van der Waals surface area contributed by atoms with Crippen molar-refractivity contribution in [1.29, 1.82) is 0 Å². The summed E-state index contributed by atoms with van der Waals surface area (Å²) in [6.07, 6.45) is 1.27. The van der Waals surface area contributed by atoms with Crippen molar-refractivity contribution >= 4 is 5.97 Å². The van der Waals surface area contributed by atoms with Crippen LogP contribution < -0.4 is 9.47 Å². The van der Waals surface area contributed by atoms with Crippen LogP contribution in [0.5, 0.6) is 11.5 Å². The molecule has 0 radical (unpaired) electrons. The topological polar surface area (TPSA) is 75.5 Å². The third-order valence-corrected chi connectivity index (χ3v) is 4.04. The van der Waals surface area contributed by atoms with Gasteiger partial charge in [-0.3, -0.25) is 4.79 Å². The van der Waals surface area contributed by atoms with Crippen LogP contribution in [-0.2, 0) is 22.5 Å². The van der Waals surface area contributed by atoms with Crippen molar-refractivity contribution < 1.29 is 19.0 Å². The summed E-state index contributed by atoms with van der Waals surface area (Å²) in [6, 6.07) is 5.56. The molecule has 23 heavy (non-hydrogen) atoms. The normalized spacial score (nSPS) is 16.6. The molecule has 0 fully saturated rings. The fraction of sp³-hybridized carbons (Fsp3) is 0.438. The zero-order chi connectivity index (χ0) is 16.4. The maximum absolute atomic E-state index is 11.7. The predicted octanol–water partition coefficient (Wildman–Crippen LogP) is 1.70. The minimum atomic E-state index is -0.188. The number of aryl methyl sites for hydroxylation is 1. The van der Waals surface area contributed by atoms with Gasteiger partial charge in [0.15, 0.2) is 17.3 Å². The lowest BCUT2D eigenvalue weighted by atomic mass is 9.98. The molecule has 7 nitrogen and oxygen atoms in total. The number of hydrogen-bond donors (Lipinski definition) is 0. The molecule has 0 aliphatic carbocycles. The first-order valence-corrected chi connectivity index (χ1v) is 7.40. The van der Waals surface area contributed by atoms with E-state index in [9.17, 15) is 4.79 Å². The number of esters is 1. The number of ether oxygens (including phenoxy) is 3. The van der Waals surface area contributed by atoms with E-state index in [-0.39, 0.29) is 11.9 Å².